The van der Waals surface area contributed by atoms with Gasteiger partial charge >= 0.3 is 0 Å². The minimum Gasteiger partial charge on any atom is -0.456 e. The van der Waals surface area contributed by atoms with E-state index in [9.17, 15) is 9.59 Å². The molecule has 0 atom stereocenters. The number of nitrogens with one attached hydrogen (secondary N) is 2. The molecule has 7 nitrogen and oxygen atoms in total. The number of carbonyl (C=O) groups is 2. The van der Waals surface area contributed by atoms with Crippen molar-refractivity contribution in [1.82, 2.24) is 10.6 Å². The molecule has 2 amide bonds. The van der Waals surface area contributed by atoms with Crippen molar-refractivity contribution in [3.8, 4) is 12.3 Å². The highest BCUT2D eigenvalue weighted by molar-refractivity contribution is 5.98. The molecule has 2 aliphatic rings. The summed E-state index contributed by atoms with van der Waals surface area (Å²) in [6, 6.07) is 1.81. The van der Waals surface area contributed by atoms with Crippen LogP contribution in [0.2, 0.25) is 0 Å². The summed E-state index contributed by atoms with van der Waals surface area (Å²) in [5, 5.41) is 14.1. The van der Waals surface area contributed by atoms with Crippen molar-refractivity contribution in [3.63, 3.8) is 0 Å². The zero-order chi connectivity index (χ0) is 19.5. The summed E-state index contributed by atoms with van der Waals surface area (Å²) < 4.78 is 5.50. The first-order valence-electron chi connectivity index (χ1n) is 9.45. The highest BCUT2D eigenvalue weighted by Crippen LogP contribution is 2.36. The van der Waals surface area contributed by atoms with E-state index < -0.39 is 11.2 Å². The molecule has 0 unspecified atom stereocenters. The summed E-state index contributed by atoms with van der Waals surface area (Å²) in [6.07, 6.45) is 10.3. The summed E-state index contributed by atoms with van der Waals surface area (Å²) in [5.74, 6) is 3.06. The SMILES string of the molecule is C#CCCC1(CCNC(=O)C2(NC(=O)c3oc(C)cc3C)CCCC2)N=N1. The van der Waals surface area contributed by atoms with E-state index in [0.717, 1.165) is 18.4 Å². The van der Waals surface area contributed by atoms with E-state index in [2.05, 4.69) is 26.8 Å². The van der Waals surface area contributed by atoms with Crippen molar-refractivity contribution in [2.45, 2.75) is 70.0 Å². The summed E-state index contributed by atoms with van der Waals surface area (Å²) in [4.78, 5) is 25.6. The van der Waals surface area contributed by atoms with Crippen LogP contribution in [-0.2, 0) is 4.79 Å². The third kappa shape index (κ3) is 4.21. The standard InChI is InChI=1S/C20H26N4O3/c1-4-5-10-20(23-24-20)11-12-21-18(26)19(8-6-7-9-19)22-17(25)16-14(2)13-15(3)27-16/h1,13H,5-12H2,2-3H3,(H,21,26)(H,22,25). The lowest BCUT2D eigenvalue weighted by Crippen LogP contribution is -2.57. The van der Waals surface area contributed by atoms with Gasteiger partial charge in [0.15, 0.2) is 11.4 Å². The van der Waals surface area contributed by atoms with E-state index in [-0.39, 0.29) is 17.6 Å². The van der Waals surface area contributed by atoms with Gasteiger partial charge < -0.3 is 15.1 Å². The molecular weight excluding hydrogens is 344 g/mol. The van der Waals surface area contributed by atoms with E-state index in [4.69, 9.17) is 10.8 Å². The first kappa shape index (κ1) is 19.2. The van der Waals surface area contributed by atoms with Crippen LogP contribution in [0.1, 0.15) is 66.8 Å². The Morgan fingerprint density at radius 2 is 1.96 bits per heavy atom. The summed E-state index contributed by atoms with van der Waals surface area (Å²) >= 11 is 0. The fraction of sp³-hybridized carbons (Fsp3) is 0.600. The topological polar surface area (TPSA) is 96.1 Å². The van der Waals surface area contributed by atoms with Crippen molar-refractivity contribution >= 4 is 11.8 Å². The largest absolute Gasteiger partial charge is 0.456 e. The minimum atomic E-state index is -0.881. The molecule has 3 rings (SSSR count). The molecule has 144 valence electrons. The highest BCUT2D eigenvalue weighted by atomic mass is 16.3. The van der Waals surface area contributed by atoms with Gasteiger partial charge in [-0.2, -0.15) is 10.2 Å². The van der Waals surface area contributed by atoms with Crippen LogP contribution in [0.25, 0.3) is 0 Å². The van der Waals surface area contributed by atoms with Gasteiger partial charge in [-0.15, -0.1) is 12.3 Å². The summed E-state index contributed by atoms with van der Waals surface area (Å²) in [5.41, 5.74) is -0.534. The van der Waals surface area contributed by atoms with Crippen molar-refractivity contribution in [2.75, 3.05) is 6.54 Å². The van der Waals surface area contributed by atoms with E-state index in [1.807, 2.05) is 13.0 Å². The Kier molecular flexibility index (Phi) is 5.36. The molecule has 27 heavy (non-hydrogen) atoms. The second kappa shape index (κ2) is 7.55. The van der Waals surface area contributed by atoms with E-state index in [1.165, 1.54) is 0 Å². The summed E-state index contributed by atoms with van der Waals surface area (Å²) in [6.45, 7) is 4.07. The molecule has 7 heteroatoms. The van der Waals surface area contributed by atoms with E-state index in [1.54, 1.807) is 6.92 Å². The van der Waals surface area contributed by atoms with Crippen LogP contribution in [0.4, 0.5) is 0 Å². The van der Waals surface area contributed by atoms with Crippen LogP contribution in [0.5, 0.6) is 0 Å². The van der Waals surface area contributed by atoms with Crippen LogP contribution in [0, 0.1) is 26.2 Å². The molecule has 1 fully saturated rings. The van der Waals surface area contributed by atoms with Crippen LogP contribution in [0.15, 0.2) is 20.7 Å². The zero-order valence-corrected chi connectivity index (χ0v) is 15.9. The Labute approximate surface area is 159 Å². The Morgan fingerprint density at radius 1 is 1.26 bits per heavy atom. The van der Waals surface area contributed by atoms with Crippen LogP contribution in [0.3, 0.4) is 0 Å². The predicted octanol–water partition coefficient (Wildman–Crippen LogP) is 3.02. The molecular formula is C20H26N4O3. The number of nitrogens with zero attached hydrogens (tertiary/aromatic N) is 2. The maximum atomic E-state index is 12.9. The lowest BCUT2D eigenvalue weighted by molar-refractivity contribution is -0.127. The average Bonchev–Trinajstić information content (AvgIpc) is 3.07. The summed E-state index contributed by atoms with van der Waals surface area (Å²) in [7, 11) is 0. The van der Waals surface area contributed by atoms with Crippen LogP contribution >= 0.6 is 0 Å². The molecule has 1 saturated carbocycles. The van der Waals surface area contributed by atoms with Gasteiger partial charge in [0.2, 0.25) is 5.91 Å². The fourth-order valence-electron chi connectivity index (χ4n) is 3.74. The monoisotopic (exact) mass is 370 g/mol. The molecule has 1 aliphatic heterocycles. The second-order valence-electron chi connectivity index (χ2n) is 7.51. The first-order valence-corrected chi connectivity index (χ1v) is 9.45. The molecule has 2 heterocycles. The zero-order valence-electron chi connectivity index (χ0n) is 15.9. The van der Waals surface area contributed by atoms with Gasteiger partial charge in [0.05, 0.1) is 0 Å². The van der Waals surface area contributed by atoms with Gasteiger partial charge in [0, 0.05) is 31.4 Å². The molecule has 0 aromatic carbocycles. The van der Waals surface area contributed by atoms with E-state index in [0.29, 0.717) is 44.4 Å². The van der Waals surface area contributed by atoms with Crippen molar-refractivity contribution in [2.24, 2.45) is 10.2 Å². The number of amides is 2. The van der Waals surface area contributed by atoms with Gasteiger partial charge in [-0.1, -0.05) is 12.8 Å². The Morgan fingerprint density at radius 3 is 2.52 bits per heavy atom. The molecule has 0 saturated heterocycles. The first-order chi connectivity index (χ1) is 12.9. The highest BCUT2D eigenvalue weighted by Gasteiger charge is 2.44. The number of terminal acetylenes is 1. The maximum Gasteiger partial charge on any atom is 0.288 e. The van der Waals surface area contributed by atoms with Crippen molar-refractivity contribution < 1.29 is 14.0 Å². The maximum absolute atomic E-state index is 12.9. The van der Waals surface area contributed by atoms with Gasteiger partial charge in [0.25, 0.3) is 5.91 Å². The van der Waals surface area contributed by atoms with E-state index >= 15 is 0 Å². The number of furan rings is 1. The predicted molar refractivity (Wildman–Crippen MR) is 100 cm³/mol. The normalized spacial score (nSPS) is 18.7. The number of aryl methyl sites for hydroxylation is 2. The minimum absolute atomic E-state index is 0.151. The third-order valence-corrected chi connectivity index (χ3v) is 5.36. The molecule has 1 aromatic heterocycles. The van der Waals surface area contributed by atoms with Gasteiger partial charge in [0.1, 0.15) is 11.3 Å². The molecule has 0 bridgehead atoms. The fourth-order valence-corrected chi connectivity index (χ4v) is 3.74. The average molecular weight is 370 g/mol. The lowest BCUT2D eigenvalue weighted by Gasteiger charge is -2.29. The van der Waals surface area contributed by atoms with Gasteiger partial charge in [-0.25, -0.2) is 0 Å². The molecule has 1 aromatic rings. The Balaban J connectivity index is 1.59. The van der Waals surface area contributed by atoms with Crippen LogP contribution < -0.4 is 10.6 Å². The van der Waals surface area contributed by atoms with Crippen molar-refractivity contribution in [1.29, 1.82) is 0 Å². The second-order valence-corrected chi connectivity index (χ2v) is 7.51. The lowest BCUT2D eigenvalue weighted by atomic mass is 9.95. The number of hydrogen-bond acceptors (Lipinski definition) is 5. The smallest absolute Gasteiger partial charge is 0.288 e. The number of carbonyl (C=O) groups excluding carboxylic acids is 2. The number of hydrogen-bond donors (Lipinski definition) is 2. The number of rotatable bonds is 8. The molecule has 2 N–H and O–H groups in total. The van der Waals surface area contributed by atoms with Gasteiger partial charge in [-0.05, 0) is 32.8 Å². The Bertz CT molecular complexity index is 791. The quantitative estimate of drug-likeness (QED) is 0.689. The van der Waals surface area contributed by atoms with Crippen LogP contribution in [-0.4, -0.2) is 29.6 Å². The molecule has 0 radical (unpaired) electrons. The molecule has 0 spiro atoms. The third-order valence-electron chi connectivity index (χ3n) is 5.36. The molecule has 1 aliphatic carbocycles. The van der Waals surface area contributed by atoms with Gasteiger partial charge in [-0.3, -0.25) is 9.59 Å². The van der Waals surface area contributed by atoms with Crippen molar-refractivity contribution in [3.05, 3.63) is 23.2 Å². The Hall–Kier alpha value is -2.62.